The molecule has 1 aromatic heterocycles. The Balaban J connectivity index is 1.67. The lowest BCUT2D eigenvalue weighted by Crippen LogP contribution is -2.17. The Kier molecular flexibility index (Phi) is 8.11. The van der Waals surface area contributed by atoms with E-state index in [1.807, 2.05) is 48.7 Å². The number of hydrogen-bond acceptors (Lipinski definition) is 5. The molecule has 0 radical (unpaired) electrons. The zero-order chi connectivity index (χ0) is 23.1. The van der Waals surface area contributed by atoms with Crippen LogP contribution in [0.1, 0.15) is 35.0 Å². The second-order valence-corrected chi connectivity index (χ2v) is 8.53. The van der Waals surface area contributed by atoms with Gasteiger partial charge < -0.3 is 10.1 Å². The molecular weight excluding hydrogens is 420 g/mol. The van der Waals surface area contributed by atoms with Gasteiger partial charge in [0.15, 0.2) is 11.0 Å². The van der Waals surface area contributed by atoms with Crippen molar-refractivity contribution in [2.45, 2.75) is 52.4 Å². The number of hydrogen-bond donors (Lipinski definition) is 1. The van der Waals surface area contributed by atoms with Crippen molar-refractivity contribution in [3.63, 3.8) is 0 Å². The van der Waals surface area contributed by atoms with Crippen molar-refractivity contribution < 1.29 is 9.53 Å². The highest BCUT2D eigenvalue weighted by Gasteiger charge is 2.16. The predicted molar refractivity (Wildman–Crippen MR) is 130 cm³/mol. The second-order valence-electron chi connectivity index (χ2n) is 7.58. The molecule has 168 valence electrons. The first-order chi connectivity index (χ1) is 15.4. The molecule has 1 heterocycles. The third-order valence-electron chi connectivity index (χ3n) is 5.35. The van der Waals surface area contributed by atoms with Crippen LogP contribution in [0.25, 0.3) is 0 Å². The molecule has 1 amide bonds. The molecule has 6 nitrogen and oxygen atoms in total. The summed E-state index contributed by atoms with van der Waals surface area (Å²) in [5.41, 5.74) is 5.37. The fourth-order valence-electron chi connectivity index (χ4n) is 3.38. The molecule has 32 heavy (non-hydrogen) atoms. The third kappa shape index (κ3) is 5.59. The van der Waals surface area contributed by atoms with Crippen LogP contribution in [-0.4, -0.2) is 26.4 Å². The number of aryl methyl sites for hydroxylation is 3. The summed E-state index contributed by atoms with van der Waals surface area (Å²) in [7, 11) is 0. The maximum absolute atomic E-state index is 12.6. The van der Waals surface area contributed by atoms with Gasteiger partial charge >= 0.3 is 0 Å². The van der Waals surface area contributed by atoms with Crippen LogP contribution in [0.2, 0.25) is 0 Å². The molecule has 7 heteroatoms. The molecule has 1 N–H and O–H groups in total. The summed E-state index contributed by atoms with van der Waals surface area (Å²) in [5, 5.41) is 12.3. The molecule has 2 aromatic carbocycles. The molecule has 0 unspecified atom stereocenters. The molecule has 0 spiro atoms. The van der Waals surface area contributed by atoms with Crippen LogP contribution >= 0.6 is 11.8 Å². The Morgan fingerprint density at radius 2 is 1.91 bits per heavy atom. The topological polar surface area (TPSA) is 69.0 Å². The van der Waals surface area contributed by atoms with Crippen LogP contribution < -0.4 is 10.1 Å². The zero-order valence-electron chi connectivity index (χ0n) is 19.1. The molecule has 0 atom stereocenters. The van der Waals surface area contributed by atoms with Crippen LogP contribution in [0.4, 0.5) is 5.69 Å². The number of ether oxygens (including phenoxy) is 1. The fraction of sp³-hybridized carbons (Fsp3) is 0.320. The van der Waals surface area contributed by atoms with Gasteiger partial charge in [0, 0.05) is 12.2 Å². The van der Waals surface area contributed by atoms with Crippen molar-refractivity contribution in [3.8, 4) is 5.75 Å². The monoisotopic (exact) mass is 450 g/mol. The highest BCUT2D eigenvalue weighted by atomic mass is 32.2. The number of carbonyl (C=O) groups excluding carboxylic acids is 1. The van der Waals surface area contributed by atoms with Crippen LogP contribution in [-0.2, 0) is 24.4 Å². The molecule has 3 rings (SSSR count). The number of nitrogens with zero attached hydrogens (tertiary/aromatic N) is 3. The first-order valence-corrected chi connectivity index (χ1v) is 11.7. The number of amides is 1. The zero-order valence-corrected chi connectivity index (χ0v) is 20.0. The maximum atomic E-state index is 12.6. The summed E-state index contributed by atoms with van der Waals surface area (Å²) in [6.07, 6.45) is 2.65. The van der Waals surface area contributed by atoms with Crippen LogP contribution in [0.5, 0.6) is 5.75 Å². The minimum Gasteiger partial charge on any atom is -0.485 e. The summed E-state index contributed by atoms with van der Waals surface area (Å²) in [6, 6.07) is 12.0. The molecule has 0 fully saturated rings. The molecule has 0 aliphatic heterocycles. The molecule has 0 saturated carbocycles. The van der Waals surface area contributed by atoms with Crippen molar-refractivity contribution >= 4 is 23.4 Å². The van der Waals surface area contributed by atoms with Gasteiger partial charge in [0.1, 0.15) is 12.4 Å². The second kappa shape index (κ2) is 11.0. The van der Waals surface area contributed by atoms with Crippen molar-refractivity contribution in [3.05, 3.63) is 77.1 Å². The van der Waals surface area contributed by atoms with Gasteiger partial charge in [-0.25, -0.2) is 0 Å². The lowest BCUT2D eigenvalue weighted by Gasteiger charge is -2.13. The SMILES string of the molecule is C=CCn1c(COc2cccc(C)c2C)nnc1SCC(=O)Nc1c(C)cccc1CC. The highest BCUT2D eigenvalue weighted by Crippen LogP contribution is 2.24. The minimum absolute atomic E-state index is 0.0691. The average molecular weight is 451 g/mol. The number of carbonyl (C=O) groups is 1. The normalized spacial score (nSPS) is 10.8. The van der Waals surface area contributed by atoms with Gasteiger partial charge in [0.2, 0.25) is 5.91 Å². The summed E-state index contributed by atoms with van der Waals surface area (Å²) in [5.74, 6) is 1.70. The number of allylic oxidation sites excluding steroid dienone is 1. The Bertz CT molecular complexity index is 1110. The standard InChI is InChI=1S/C25H30N4O2S/c1-6-14-29-22(15-31-21-13-9-10-17(3)19(21)5)27-28-25(29)32-16-23(30)26-24-18(4)11-8-12-20(24)7-2/h6,8-13H,1,7,14-16H2,2-5H3,(H,26,30). The molecule has 0 saturated heterocycles. The third-order valence-corrected chi connectivity index (χ3v) is 6.32. The molecular formula is C25H30N4O2S. The van der Waals surface area contributed by atoms with E-state index in [0.29, 0.717) is 24.1 Å². The molecule has 0 aliphatic carbocycles. The molecule has 0 aliphatic rings. The van der Waals surface area contributed by atoms with Crippen molar-refractivity contribution in [1.82, 2.24) is 14.8 Å². The molecule has 3 aromatic rings. The van der Waals surface area contributed by atoms with Gasteiger partial charge in [0.25, 0.3) is 0 Å². The number of para-hydroxylation sites is 1. The van der Waals surface area contributed by atoms with Gasteiger partial charge in [-0.05, 0) is 55.5 Å². The average Bonchev–Trinajstić information content (AvgIpc) is 3.16. The smallest absolute Gasteiger partial charge is 0.234 e. The lowest BCUT2D eigenvalue weighted by atomic mass is 10.1. The van der Waals surface area contributed by atoms with Crippen molar-refractivity contribution in [1.29, 1.82) is 0 Å². The number of rotatable bonds is 10. The van der Waals surface area contributed by atoms with Gasteiger partial charge in [-0.2, -0.15) is 0 Å². The first kappa shape index (κ1) is 23.6. The van der Waals surface area contributed by atoms with Gasteiger partial charge in [-0.1, -0.05) is 55.1 Å². The van der Waals surface area contributed by atoms with Gasteiger partial charge in [-0.15, -0.1) is 16.8 Å². The summed E-state index contributed by atoms with van der Waals surface area (Å²) in [6.45, 7) is 12.9. The number of thioether (sulfide) groups is 1. The summed E-state index contributed by atoms with van der Waals surface area (Å²) in [4.78, 5) is 12.6. The van der Waals surface area contributed by atoms with Crippen molar-refractivity contribution in [2.24, 2.45) is 0 Å². The van der Waals surface area contributed by atoms with E-state index in [1.165, 1.54) is 17.3 Å². The predicted octanol–water partition coefficient (Wildman–Crippen LogP) is 5.26. The van der Waals surface area contributed by atoms with E-state index < -0.39 is 0 Å². The Morgan fingerprint density at radius 3 is 2.66 bits per heavy atom. The van der Waals surface area contributed by atoms with Crippen LogP contribution in [0.3, 0.4) is 0 Å². The van der Waals surface area contributed by atoms with E-state index in [0.717, 1.165) is 34.5 Å². The first-order valence-electron chi connectivity index (χ1n) is 10.7. The van der Waals surface area contributed by atoms with E-state index >= 15 is 0 Å². The van der Waals surface area contributed by atoms with Crippen LogP contribution in [0.15, 0.2) is 54.2 Å². The number of benzene rings is 2. The minimum atomic E-state index is -0.0691. The highest BCUT2D eigenvalue weighted by molar-refractivity contribution is 7.99. The van der Waals surface area contributed by atoms with E-state index in [9.17, 15) is 4.79 Å². The Labute approximate surface area is 194 Å². The summed E-state index contributed by atoms with van der Waals surface area (Å²) >= 11 is 1.36. The number of nitrogens with one attached hydrogen (secondary N) is 1. The van der Waals surface area contributed by atoms with Crippen molar-refractivity contribution in [2.75, 3.05) is 11.1 Å². The quantitative estimate of drug-likeness (QED) is 0.337. The van der Waals surface area contributed by atoms with E-state index in [1.54, 1.807) is 6.08 Å². The maximum Gasteiger partial charge on any atom is 0.234 e. The Hall–Kier alpha value is -3.06. The van der Waals surface area contributed by atoms with E-state index in [-0.39, 0.29) is 11.7 Å². The number of aromatic nitrogens is 3. The Morgan fingerprint density at radius 1 is 1.16 bits per heavy atom. The van der Waals surface area contributed by atoms with E-state index in [2.05, 4.69) is 42.0 Å². The fourth-order valence-corrected chi connectivity index (χ4v) is 4.14. The summed E-state index contributed by atoms with van der Waals surface area (Å²) < 4.78 is 7.93. The van der Waals surface area contributed by atoms with E-state index in [4.69, 9.17) is 4.74 Å². The van der Waals surface area contributed by atoms with Gasteiger partial charge in [0.05, 0.1) is 5.75 Å². The largest absolute Gasteiger partial charge is 0.485 e. The lowest BCUT2D eigenvalue weighted by molar-refractivity contribution is -0.113. The molecule has 0 bridgehead atoms. The number of anilines is 1. The van der Waals surface area contributed by atoms with Crippen LogP contribution in [0, 0.1) is 20.8 Å². The van der Waals surface area contributed by atoms with Gasteiger partial charge in [-0.3, -0.25) is 9.36 Å².